The maximum atomic E-state index is 12.2. The Morgan fingerprint density at radius 1 is 1.17 bits per heavy atom. The lowest BCUT2D eigenvalue weighted by molar-refractivity contribution is -0.131. The second-order valence-electron chi connectivity index (χ2n) is 6.07. The molecule has 3 nitrogen and oxygen atoms in total. The predicted octanol–water partition coefficient (Wildman–Crippen LogP) is 2.56. The van der Waals surface area contributed by atoms with E-state index in [1.54, 1.807) is 0 Å². The van der Waals surface area contributed by atoms with Gasteiger partial charge in [0, 0.05) is 32.1 Å². The first-order valence-corrected chi connectivity index (χ1v) is 7.77. The maximum absolute atomic E-state index is 12.2. The highest BCUT2D eigenvalue weighted by molar-refractivity contribution is 5.76. The van der Waals surface area contributed by atoms with Gasteiger partial charge < -0.3 is 10.2 Å². The summed E-state index contributed by atoms with van der Waals surface area (Å²) in [5.74, 6) is 1.21. The first-order chi connectivity index (χ1) is 8.75. The highest BCUT2D eigenvalue weighted by Crippen LogP contribution is 2.27. The molecule has 1 saturated heterocycles. The summed E-state index contributed by atoms with van der Waals surface area (Å²) in [5.41, 5.74) is 0. The second kappa shape index (κ2) is 7.13. The van der Waals surface area contributed by atoms with Crippen molar-refractivity contribution < 1.29 is 4.79 Å². The van der Waals surface area contributed by atoms with E-state index in [1.807, 2.05) is 0 Å². The van der Waals surface area contributed by atoms with Gasteiger partial charge in [0.25, 0.3) is 0 Å². The molecule has 2 fully saturated rings. The third kappa shape index (κ3) is 4.27. The lowest BCUT2D eigenvalue weighted by atomic mass is 9.86. The third-order valence-corrected chi connectivity index (χ3v) is 4.55. The molecule has 1 amide bonds. The van der Waals surface area contributed by atoms with Crippen LogP contribution in [0.1, 0.15) is 58.3 Å². The third-order valence-electron chi connectivity index (χ3n) is 4.55. The van der Waals surface area contributed by atoms with Gasteiger partial charge in [0.15, 0.2) is 0 Å². The zero-order valence-electron chi connectivity index (χ0n) is 11.8. The van der Waals surface area contributed by atoms with Gasteiger partial charge in [-0.05, 0) is 25.7 Å². The average Bonchev–Trinajstić information content (AvgIpc) is 2.62. The Kier molecular flexibility index (Phi) is 5.48. The van der Waals surface area contributed by atoms with Crippen molar-refractivity contribution in [3.63, 3.8) is 0 Å². The van der Waals surface area contributed by atoms with E-state index in [4.69, 9.17) is 0 Å². The van der Waals surface area contributed by atoms with E-state index >= 15 is 0 Å². The van der Waals surface area contributed by atoms with Gasteiger partial charge in [0.2, 0.25) is 5.91 Å². The van der Waals surface area contributed by atoms with E-state index in [2.05, 4.69) is 17.1 Å². The van der Waals surface area contributed by atoms with Gasteiger partial charge in [-0.25, -0.2) is 0 Å². The van der Waals surface area contributed by atoms with E-state index in [1.165, 1.54) is 32.1 Å². The Labute approximate surface area is 111 Å². The van der Waals surface area contributed by atoms with Gasteiger partial charge in [0.1, 0.15) is 0 Å². The smallest absolute Gasteiger partial charge is 0.222 e. The van der Waals surface area contributed by atoms with Crippen LogP contribution in [0.25, 0.3) is 0 Å². The van der Waals surface area contributed by atoms with Crippen molar-refractivity contribution in [2.24, 2.45) is 5.92 Å². The Balaban J connectivity index is 1.69. The molecule has 0 bridgehead atoms. The molecular weight excluding hydrogens is 224 g/mol. The van der Waals surface area contributed by atoms with Crippen LogP contribution in [0.4, 0.5) is 0 Å². The molecule has 1 atom stereocenters. The van der Waals surface area contributed by atoms with Crippen molar-refractivity contribution in [3.8, 4) is 0 Å². The molecule has 1 N–H and O–H groups in total. The lowest BCUT2D eigenvalue weighted by Gasteiger charge is -2.24. The summed E-state index contributed by atoms with van der Waals surface area (Å²) in [6.45, 7) is 5.00. The monoisotopic (exact) mass is 252 g/mol. The fourth-order valence-electron chi connectivity index (χ4n) is 3.22. The van der Waals surface area contributed by atoms with Crippen LogP contribution >= 0.6 is 0 Å². The van der Waals surface area contributed by atoms with E-state index in [0.717, 1.165) is 44.8 Å². The fraction of sp³-hybridized carbons (Fsp3) is 0.933. The van der Waals surface area contributed by atoms with Crippen LogP contribution in [0.2, 0.25) is 0 Å². The topological polar surface area (TPSA) is 32.3 Å². The summed E-state index contributed by atoms with van der Waals surface area (Å²) >= 11 is 0. The highest BCUT2D eigenvalue weighted by atomic mass is 16.2. The van der Waals surface area contributed by atoms with Crippen LogP contribution in [0.3, 0.4) is 0 Å². The molecule has 1 unspecified atom stereocenters. The molecule has 2 aliphatic rings. The van der Waals surface area contributed by atoms with Crippen molar-refractivity contribution >= 4 is 5.91 Å². The first-order valence-electron chi connectivity index (χ1n) is 7.77. The molecule has 1 saturated carbocycles. The van der Waals surface area contributed by atoms with Crippen LogP contribution in [0, 0.1) is 5.92 Å². The van der Waals surface area contributed by atoms with E-state index in [0.29, 0.717) is 11.9 Å². The minimum absolute atomic E-state index is 0.386. The molecule has 2 rings (SSSR count). The van der Waals surface area contributed by atoms with Crippen molar-refractivity contribution in [2.45, 2.75) is 64.3 Å². The lowest BCUT2D eigenvalue weighted by Crippen LogP contribution is -2.34. The van der Waals surface area contributed by atoms with Crippen LogP contribution in [0.5, 0.6) is 0 Å². The van der Waals surface area contributed by atoms with E-state index < -0.39 is 0 Å². The molecule has 0 spiro atoms. The predicted molar refractivity (Wildman–Crippen MR) is 74.5 cm³/mol. The number of rotatable bonds is 3. The van der Waals surface area contributed by atoms with E-state index in [-0.39, 0.29) is 0 Å². The number of nitrogens with zero attached hydrogens (tertiary/aromatic N) is 1. The summed E-state index contributed by atoms with van der Waals surface area (Å²) in [4.78, 5) is 14.3. The number of hydrogen-bond acceptors (Lipinski definition) is 2. The fourth-order valence-corrected chi connectivity index (χ4v) is 3.22. The molecule has 3 heteroatoms. The van der Waals surface area contributed by atoms with Gasteiger partial charge in [0.05, 0.1) is 0 Å². The molecule has 0 radical (unpaired) electrons. The van der Waals surface area contributed by atoms with Crippen molar-refractivity contribution in [2.75, 3.05) is 19.6 Å². The standard InChI is InChI=1S/C15H28N2O/c1-13-9-11-17(12-10-16-13)15(18)8-7-14-5-3-2-4-6-14/h13-14,16H,2-12H2,1H3. The number of carbonyl (C=O) groups excluding carboxylic acids is 1. The quantitative estimate of drug-likeness (QED) is 0.837. The molecule has 1 heterocycles. The van der Waals surface area contributed by atoms with Crippen LogP contribution in [-0.2, 0) is 4.79 Å². The molecule has 104 valence electrons. The number of carbonyl (C=O) groups is 1. The van der Waals surface area contributed by atoms with Gasteiger partial charge in [-0.1, -0.05) is 32.1 Å². The normalized spacial score (nSPS) is 26.9. The number of nitrogens with one attached hydrogen (secondary N) is 1. The first kappa shape index (κ1) is 13.9. The molecule has 0 aromatic rings. The largest absolute Gasteiger partial charge is 0.341 e. The molecule has 0 aromatic heterocycles. The highest BCUT2D eigenvalue weighted by Gasteiger charge is 2.20. The Morgan fingerprint density at radius 3 is 2.72 bits per heavy atom. The van der Waals surface area contributed by atoms with Gasteiger partial charge in [-0.15, -0.1) is 0 Å². The zero-order chi connectivity index (χ0) is 12.8. The summed E-state index contributed by atoms with van der Waals surface area (Å²) in [6, 6.07) is 0.557. The van der Waals surface area contributed by atoms with Gasteiger partial charge in [-0.2, -0.15) is 0 Å². The van der Waals surface area contributed by atoms with Gasteiger partial charge in [-0.3, -0.25) is 4.79 Å². The maximum Gasteiger partial charge on any atom is 0.222 e. The zero-order valence-corrected chi connectivity index (χ0v) is 11.8. The summed E-state index contributed by atoms with van der Waals surface area (Å²) < 4.78 is 0. The second-order valence-corrected chi connectivity index (χ2v) is 6.07. The van der Waals surface area contributed by atoms with E-state index in [9.17, 15) is 4.79 Å². The molecule has 1 aliphatic carbocycles. The summed E-state index contributed by atoms with van der Waals surface area (Å²) in [5, 5.41) is 3.44. The Bertz CT molecular complexity index is 261. The minimum atomic E-state index is 0.386. The molecule has 18 heavy (non-hydrogen) atoms. The summed E-state index contributed by atoms with van der Waals surface area (Å²) in [6.07, 6.45) is 9.86. The molecular formula is C15H28N2O. The number of amides is 1. The Hall–Kier alpha value is -0.570. The Morgan fingerprint density at radius 2 is 1.94 bits per heavy atom. The summed E-state index contributed by atoms with van der Waals surface area (Å²) in [7, 11) is 0. The minimum Gasteiger partial charge on any atom is -0.341 e. The van der Waals surface area contributed by atoms with Crippen molar-refractivity contribution in [1.29, 1.82) is 0 Å². The van der Waals surface area contributed by atoms with Crippen LogP contribution < -0.4 is 5.32 Å². The molecule has 1 aliphatic heterocycles. The SMILES string of the molecule is CC1CCN(C(=O)CCC2CCCCC2)CCN1. The van der Waals surface area contributed by atoms with Gasteiger partial charge >= 0.3 is 0 Å². The average molecular weight is 252 g/mol. The van der Waals surface area contributed by atoms with Crippen LogP contribution in [-0.4, -0.2) is 36.5 Å². The number of hydrogen-bond donors (Lipinski definition) is 1. The molecule has 0 aromatic carbocycles. The van der Waals surface area contributed by atoms with Crippen molar-refractivity contribution in [3.05, 3.63) is 0 Å². The van der Waals surface area contributed by atoms with Crippen LogP contribution in [0.15, 0.2) is 0 Å². The van der Waals surface area contributed by atoms with Crippen molar-refractivity contribution in [1.82, 2.24) is 10.2 Å².